The Hall–Kier alpha value is -1.39. The van der Waals surface area contributed by atoms with Crippen molar-refractivity contribution in [2.24, 2.45) is 0 Å². The smallest absolute Gasteiger partial charge is 0.146 e. The van der Waals surface area contributed by atoms with Crippen LogP contribution >= 0.6 is 11.3 Å². The molecule has 0 saturated heterocycles. The number of halogens is 1. The first-order valence-corrected chi connectivity index (χ1v) is 8.44. The van der Waals surface area contributed by atoms with E-state index in [-0.39, 0.29) is 5.82 Å². The van der Waals surface area contributed by atoms with Gasteiger partial charge in [-0.1, -0.05) is 25.1 Å². The average Bonchev–Trinajstić information content (AvgIpc) is 3.20. The minimum atomic E-state index is -0.103. The van der Waals surface area contributed by atoms with Crippen molar-refractivity contribution < 1.29 is 4.39 Å². The summed E-state index contributed by atoms with van der Waals surface area (Å²) in [5.74, 6) is -0.103. The van der Waals surface area contributed by atoms with Crippen LogP contribution in [0.4, 0.5) is 10.1 Å². The highest BCUT2D eigenvalue weighted by atomic mass is 32.1. The summed E-state index contributed by atoms with van der Waals surface area (Å²) in [5.41, 5.74) is 1.84. The number of rotatable bonds is 7. The average molecular weight is 304 g/mol. The van der Waals surface area contributed by atoms with Crippen molar-refractivity contribution in [1.82, 2.24) is 5.32 Å². The van der Waals surface area contributed by atoms with Crippen LogP contribution in [0, 0.1) is 5.82 Å². The number of nitrogens with zero attached hydrogens (tertiary/aromatic N) is 1. The fourth-order valence-electron chi connectivity index (χ4n) is 2.63. The zero-order valence-electron chi connectivity index (χ0n) is 12.3. The fraction of sp³-hybridized carbons (Fsp3) is 0.412. The lowest BCUT2D eigenvalue weighted by atomic mass is 10.1. The molecule has 112 valence electrons. The molecule has 1 aromatic heterocycles. The Bertz CT molecular complexity index is 578. The van der Waals surface area contributed by atoms with Crippen molar-refractivity contribution in [3.8, 4) is 0 Å². The van der Waals surface area contributed by atoms with Gasteiger partial charge in [0.1, 0.15) is 5.82 Å². The molecule has 0 aliphatic heterocycles. The van der Waals surface area contributed by atoms with E-state index >= 15 is 0 Å². The quantitative estimate of drug-likeness (QED) is 0.826. The van der Waals surface area contributed by atoms with Crippen molar-refractivity contribution in [1.29, 1.82) is 0 Å². The van der Waals surface area contributed by atoms with Gasteiger partial charge in [0.25, 0.3) is 0 Å². The molecule has 1 saturated carbocycles. The maximum Gasteiger partial charge on any atom is 0.146 e. The Labute approximate surface area is 129 Å². The number of hydrogen-bond acceptors (Lipinski definition) is 3. The summed E-state index contributed by atoms with van der Waals surface area (Å²) in [4.78, 5) is 3.55. The molecule has 0 unspecified atom stereocenters. The standard InChI is InChI=1S/C17H21FN2S/c1-2-19-11-13-5-3-7-16(18)17(13)20(14-8-9-14)12-15-6-4-10-21-15/h3-7,10,14,19H,2,8-9,11-12H2,1H3. The summed E-state index contributed by atoms with van der Waals surface area (Å²) in [6.45, 7) is 4.49. The van der Waals surface area contributed by atoms with Gasteiger partial charge in [0.05, 0.1) is 12.2 Å². The van der Waals surface area contributed by atoms with E-state index in [0.29, 0.717) is 6.04 Å². The van der Waals surface area contributed by atoms with Gasteiger partial charge in [0.2, 0.25) is 0 Å². The van der Waals surface area contributed by atoms with E-state index in [0.717, 1.165) is 30.9 Å². The lowest BCUT2D eigenvalue weighted by Crippen LogP contribution is -2.28. The van der Waals surface area contributed by atoms with E-state index in [1.807, 2.05) is 12.1 Å². The normalized spacial score (nSPS) is 14.4. The predicted octanol–water partition coefficient (Wildman–Crippen LogP) is 4.17. The van der Waals surface area contributed by atoms with Gasteiger partial charge in [-0.25, -0.2) is 4.39 Å². The van der Waals surface area contributed by atoms with E-state index in [2.05, 4.69) is 34.7 Å². The van der Waals surface area contributed by atoms with Crippen LogP contribution < -0.4 is 10.2 Å². The Morgan fingerprint density at radius 3 is 2.81 bits per heavy atom. The zero-order chi connectivity index (χ0) is 14.7. The summed E-state index contributed by atoms with van der Waals surface area (Å²) in [5, 5.41) is 5.40. The largest absolute Gasteiger partial charge is 0.361 e. The Balaban J connectivity index is 1.90. The van der Waals surface area contributed by atoms with Crippen LogP contribution in [-0.4, -0.2) is 12.6 Å². The Morgan fingerprint density at radius 2 is 2.14 bits per heavy atom. The summed E-state index contributed by atoms with van der Waals surface area (Å²) < 4.78 is 14.5. The van der Waals surface area contributed by atoms with Crippen LogP contribution in [0.3, 0.4) is 0 Å². The molecule has 0 radical (unpaired) electrons. The van der Waals surface area contributed by atoms with Gasteiger partial charge < -0.3 is 10.2 Å². The van der Waals surface area contributed by atoms with Gasteiger partial charge in [-0.3, -0.25) is 0 Å². The first-order valence-electron chi connectivity index (χ1n) is 7.56. The lowest BCUT2D eigenvalue weighted by molar-refractivity contribution is 0.608. The molecule has 1 aromatic carbocycles. The molecular formula is C17H21FN2S. The highest BCUT2D eigenvalue weighted by molar-refractivity contribution is 7.09. The van der Waals surface area contributed by atoms with Crippen molar-refractivity contribution in [3.63, 3.8) is 0 Å². The second kappa shape index (κ2) is 6.58. The van der Waals surface area contributed by atoms with Crippen LogP contribution in [0.1, 0.15) is 30.2 Å². The highest BCUT2D eigenvalue weighted by Gasteiger charge is 2.32. The van der Waals surface area contributed by atoms with Crippen LogP contribution in [0.25, 0.3) is 0 Å². The number of hydrogen-bond donors (Lipinski definition) is 1. The molecular weight excluding hydrogens is 283 g/mol. The first kappa shape index (κ1) is 14.5. The third-order valence-corrected chi connectivity index (χ3v) is 4.68. The van der Waals surface area contributed by atoms with Gasteiger partial charge in [-0.15, -0.1) is 11.3 Å². The predicted molar refractivity (Wildman–Crippen MR) is 87.3 cm³/mol. The number of anilines is 1. The number of nitrogens with one attached hydrogen (secondary N) is 1. The summed E-state index contributed by atoms with van der Waals surface area (Å²) in [6.07, 6.45) is 2.33. The molecule has 3 rings (SSSR count). The van der Waals surface area contributed by atoms with Crippen molar-refractivity contribution in [2.45, 2.75) is 38.9 Å². The molecule has 0 amide bonds. The molecule has 1 N–H and O–H groups in total. The second-order valence-electron chi connectivity index (χ2n) is 5.47. The second-order valence-corrected chi connectivity index (χ2v) is 6.50. The topological polar surface area (TPSA) is 15.3 Å². The molecule has 1 aliphatic carbocycles. The van der Waals surface area contributed by atoms with Gasteiger partial charge in [0, 0.05) is 17.5 Å². The third kappa shape index (κ3) is 3.44. The minimum absolute atomic E-state index is 0.103. The highest BCUT2D eigenvalue weighted by Crippen LogP contribution is 2.37. The van der Waals surface area contributed by atoms with E-state index in [9.17, 15) is 4.39 Å². The van der Waals surface area contributed by atoms with E-state index < -0.39 is 0 Å². The minimum Gasteiger partial charge on any atom is -0.361 e. The molecule has 0 bridgehead atoms. The third-order valence-electron chi connectivity index (χ3n) is 3.82. The monoisotopic (exact) mass is 304 g/mol. The van der Waals surface area contributed by atoms with Crippen molar-refractivity contribution in [3.05, 3.63) is 52.0 Å². The fourth-order valence-corrected chi connectivity index (χ4v) is 3.33. The summed E-state index contributed by atoms with van der Waals surface area (Å²) in [7, 11) is 0. The SMILES string of the molecule is CCNCc1cccc(F)c1N(Cc1cccs1)C1CC1. The molecule has 0 spiro atoms. The van der Waals surface area contributed by atoms with Crippen LogP contribution in [0.5, 0.6) is 0 Å². The van der Waals surface area contributed by atoms with Crippen molar-refractivity contribution >= 4 is 17.0 Å². The lowest BCUT2D eigenvalue weighted by Gasteiger charge is -2.27. The molecule has 1 fully saturated rings. The molecule has 2 aromatic rings. The number of thiophene rings is 1. The maximum atomic E-state index is 14.5. The van der Waals surface area contributed by atoms with E-state index in [1.54, 1.807) is 17.4 Å². The Kier molecular flexibility index (Phi) is 4.56. The summed E-state index contributed by atoms with van der Waals surface area (Å²) >= 11 is 1.74. The zero-order valence-corrected chi connectivity index (χ0v) is 13.1. The van der Waals surface area contributed by atoms with Gasteiger partial charge in [0.15, 0.2) is 0 Å². The van der Waals surface area contributed by atoms with E-state index in [1.165, 1.54) is 17.7 Å². The van der Waals surface area contributed by atoms with Gasteiger partial charge in [-0.05, 0) is 42.5 Å². The van der Waals surface area contributed by atoms with Crippen molar-refractivity contribution in [2.75, 3.05) is 11.4 Å². The molecule has 1 aliphatic rings. The van der Waals surface area contributed by atoms with Crippen LogP contribution in [0.2, 0.25) is 0 Å². The molecule has 21 heavy (non-hydrogen) atoms. The molecule has 0 atom stereocenters. The first-order chi connectivity index (χ1) is 10.3. The van der Waals surface area contributed by atoms with Gasteiger partial charge >= 0.3 is 0 Å². The molecule has 4 heteroatoms. The van der Waals surface area contributed by atoms with E-state index in [4.69, 9.17) is 0 Å². The maximum absolute atomic E-state index is 14.5. The Morgan fingerprint density at radius 1 is 1.29 bits per heavy atom. The van der Waals surface area contributed by atoms with Gasteiger partial charge in [-0.2, -0.15) is 0 Å². The molecule has 1 heterocycles. The number of benzene rings is 1. The summed E-state index contributed by atoms with van der Waals surface area (Å²) in [6, 6.07) is 10.1. The molecule has 2 nitrogen and oxygen atoms in total. The number of para-hydroxylation sites is 1. The van der Waals surface area contributed by atoms with Crippen LogP contribution in [-0.2, 0) is 13.1 Å². The van der Waals surface area contributed by atoms with Crippen LogP contribution in [0.15, 0.2) is 35.7 Å².